The van der Waals surface area contributed by atoms with Crippen molar-refractivity contribution in [2.75, 3.05) is 0 Å². The van der Waals surface area contributed by atoms with Gasteiger partial charge >= 0.3 is 5.69 Å². The van der Waals surface area contributed by atoms with Gasteiger partial charge in [0.25, 0.3) is 11.5 Å². The van der Waals surface area contributed by atoms with Crippen LogP contribution in [-0.2, 0) is 15.3 Å². The monoisotopic (exact) mass is 269 g/mol. The van der Waals surface area contributed by atoms with Crippen LogP contribution in [0, 0.1) is 6.92 Å². The Morgan fingerprint density at radius 3 is 2.74 bits per heavy atom. The summed E-state index contributed by atoms with van der Waals surface area (Å²) in [6.45, 7) is 3.05. The van der Waals surface area contributed by atoms with Gasteiger partial charge in [0.05, 0.1) is 12.2 Å². The average molecular weight is 269 g/mol. The Hall–Kier alpha value is -1.93. The van der Waals surface area contributed by atoms with Crippen LogP contribution in [0.2, 0.25) is 0 Å². The van der Waals surface area contributed by atoms with Crippen LogP contribution in [0.1, 0.15) is 18.9 Å². The number of nitrogens with zero attached hydrogens (tertiary/aromatic N) is 1. The molecule has 1 fully saturated rings. The number of nitrogens with one attached hydrogen (secondary N) is 1. The number of carbonyl (C=O) groups excluding carboxylic acids is 1. The van der Waals surface area contributed by atoms with Gasteiger partial charge in [-0.15, -0.1) is 0 Å². The van der Waals surface area contributed by atoms with E-state index in [9.17, 15) is 19.5 Å². The minimum absolute atomic E-state index is 0.144. The van der Waals surface area contributed by atoms with Crippen molar-refractivity contribution >= 4 is 5.91 Å². The molecule has 1 aromatic rings. The van der Waals surface area contributed by atoms with Gasteiger partial charge in [-0.2, -0.15) is 0 Å². The number of hydrogen-bond donors (Lipinski definition) is 3. The lowest BCUT2D eigenvalue weighted by molar-refractivity contribution is -0.157. The Morgan fingerprint density at radius 2 is 2.26 bits per heavy atom. The quantitative estimate of drug-likeness (QED) is 0.581. The zero-order valence-electron chi connectivity index (χ0n) is 10.5. The van der Waals surface area contributed by atoms with E-state index in [0.29, 0.717) is 0 Å². The van der Waals surface area contributed by atoms with Crippen molar-refractivity contribution in [3.8, 4) is 0 Å². The summed E-state index contributed by atoms with van der Waals surface area (Å²) in [5.74, 6) is -0.899. The molecule has 0 saturated carbocycles. The maximum Gasteiger partial charge on any atom is 0.331 e. The molecule has 19 heavy (non-hydrogen) atoms. The molecule has 1 aliphatic rings. The molecule has 1 aromatic heterocycles. The molecule has 1 aliphatic heterocycles. The van der Waals surface area contributed by atoms with Crippen LogP contribution in [0.5, 0.6) is 0 Å². The maximum absolute atomic E-state index is 11.8. The van der Waals surface area contributed by atoms with E-state index in [4.69, 9.17) is 10.5 Å². The molecule has 0 aliphatic carbocycles. The van der Waals surface area contributed by atoms with Crippen LogP contribution >= 0.6 is 0 Å². The summed E-state index contributed by atoms with van der Waals surface area (Å²) in [4.78, 5) is 36.9. The van der Waals surface area contributed by atoms with Crippen LogP contribution in [0.15, 0.2) is 15.8 Å². The number of primary amides is 1. The first-order valence-corrected chi connectivity index (χ1v) is 5.77. The normalized spacial score (nSPS) is 30.5. The van der Waals surface area contributed by atoms with Crippen molar-refractivity contribution in [3.05, 3.63) is 32.6 Å². The van der Waals surface area contributed by atoms with Gasteiger partial charge in [-0.1, -0.05) is 0 Å². The highest BCUT2D eigenvalue weighted by Gasteiger charge is 2.51. The molecule has 3 atom stereocenters. The second-order valence-electron chi connectivity index (χ2n) is 4.68. The number of aliphatic hydroxyl groups excluding tert-OH is 1. The summed E-state index contributed by atoms with van der Waals surface area (Å²) < 4.78 is 6.33. The van der Waals surface area contributed by atoms with Crippen molar-refractivity contribution in [1.29, 1.82) is 0 Å². The lowest BCUT2D eigenvalue weighted by atomic mass is 10.1. The van der Waals surface area contributed by atoms with Crippen LogP contribution in [0.4, 0.5) is 0 Å². The fraction of sp³-hybridized carbons (Fsp3) is 0.545. The molecule has 0 aromatic carbocycles. The predicted molar refractivity (Wildman–Crippen MR) is 64.4 cm³/mol. The third-order valence-electron chi connectivity index (χ3n) is 3.30. The molecule has 1 saturated heterocycles. The van der Waals surface area contributed by atoms with Crippen LogP contribution < -0.4 is 17.0 Å². The lowest BCUT2D eigenvalue weighted by Gasteiger charge is -2.27. The average Bonchev–Trinajstić information content (AvgIpc) is 2.61. The summed E-state index contributed by atoms with van der Waals surface area (Å²) in [7, 11) is 0. The highest BCUT2D eigenvalue weighted by molar-refractivity contribution is 5.81. The van der Waals surface area contributed by atoms with E-state index in [0.717, 1.165) is 4.57 Å². The van der Waals surface area contributed by atoms with Gasteiger partial charge in [-0.25, -0.2) is 4.79 Å². The number of ether oxygens (including phenoxy) is 1. The minimum Gasteiger partial charge on any atom is -0.390 e. The molecule has 0 bridgehead atoms. The molecule has 0 spiro atoms. The minimum atomic E-state index is -1.77. The number of H-pyrrole nitrogens is 1. The topological polar surface area (TPSA) is 127 Å². The largest absolute Gasteiger partial charge is 0.390 e. The Kier molecular flexibility index (Phi) is 3.07. The molecule has 2 rings (SSSR count). The summed E-state index contributed by atoms with van der Waals surface area (Å²) >= 11 is 0. The molecule has 8 heteroatoms. The number of aromatic nitrogens is 2. The first-order chi connectivity index (χ1) is 8.78. The number of aliphatic hydroxyl groups is 1. The zero-order valence-corrected chi connectivity index (χ0v) is 10.5. The van der Waals surface area contributed by atoms with Crippen LogP contribution in [0.3, 0.4) is 0 Å². The number of aryl methyl sites for hydroxylation is 1. The highest BCUT2D eigenvalue weighted by atomic mass is 16.6. The van der Waals surface area contributed by atoms with Gasteiger partial charge in [0.1, 0.15) is 0 Å². The van der Waals surface area contributed by atoms with E-state index in [2.05, 4.69) is 4.98 Å². The number of aromatic amines is 1. The molecular weight excluding hydrogens is 254 g/mol. The van der Waals surface area contributed by atoms with Gasteiger partial charge < -0.3 is 15.6 Å². The summed E-state index contributed by atoms with van der Waals surface area (Å²) in [6.07, 6.45) is -0.510. The fourth-order valence-corrected chi connectivity index (χ4v) is 2.15. The summed E-state index contributed by atoms with van der Waals surface area (Å²) in [6, 6.07) is 0. The number of rotatable bonds is 2. The molecular formula is C11H15N3O5. The molecule has 4 N–H and O–H groups in total. The van der Waals surface area contributed by atoms with Gasteiger partial charge in [0.2, 0.25) is 5.72 Å². The molecule has 2 heterocycles. The van der Waals surface area contributed by atoms with Crippen LogP contribution in [-0.4, -0.2) is 32.8 Å². The standard InChI is InChI=1S/C11H15N3O5/c1-5-4-14(10(18)13-8(5)16)11(9(12)17)3-7(15)6(2)19-11/h4,6-7,15H,3H2,1-2H3,(H2,12,17)(H,13,16,18)/t6-,7+,11+/m1/s1. The van der Waals surface area contributed by atoms with E-state index in [-0.39, 0.29) is 12.0 Å². The van der Waals surface area contributed by atoms with Crippen molar-refractivity contribution < 1.29 is 14.6 Å². The number of amides is 1. The Balaban J connectivity index is 2.66. The van der Waals surface area contributed by atoms with E-state index >= 15 is 0 Å². The number of nitrogens with two attached hydrogens (primary N) is 1. The van der Waals surface area contributed by atoms with E-state index in [1.54, 1.807) is 6.92 Å². The summed E-state index contributed by atoms with van der Waals surface area (Å²) in [5, 5.41) is 9.74. The number of carbonyl (C=O) groups is 1. The molecule has 1 amide bonds. The molecule has 104 valence electrons. The van der Waals surface area contributed by atoms with E-state index in [1.165, 1.54) is 13.1 Å². The van der Waals surface area contributed by atoms with Gasteiger partial charge in [-0.3, -0.25) is 19.1 Å². The second-order valence-corrected chi connectivity index (χ2v) is 4.68. The van der Waals surface area contributed by atoms with Crippen molar-refractivity contribution in [1.82, 2.24) is 9.55 Å². The Bertz CT molecular complexity index is 622. The lowest BCUT2D eigenvalue weighted by Crippen LogP contribution is -2.52. The Labute approximate surface area is 107 Å². The van der Waals surface area contributed by atoms with E-state index < -0.39 is 35.1 Å². The fourth-order valence-electron chi connectivity index (χ4n) is 2.15. The first kappa shape index (κ1) is 13.5. The first-order valence-electron chi connectivity index (χ1n) is 5.77. The SMILES string of the molecule is Cc1cn([C@@]2(C(N)=O)C[C@H](O)[C@@H](C)O2)c(=O)[nH]c1=O. The maximum atomic E-state index is 11.8. The number of hydrogen-bond acceptors (Lipinski definition) is 5. The van der Waals surface area contributed by atoms with E-state index in [1.807, 2.05) is 0 Å². The second kappa shape index (κ2) is 4.32. The third-order valence-corrected chi connectivity index (χ3v) is 3.30. The van der Waals surface area contributed by atoms with Crippen LogP contribution in [0.25, 0.3) is 0 Å². The van der Waals surface area contributed by atoms with Crippen molar-refractivity contribution in [2.24, 2.45) is 5.73 Å². The molecule has 0 unspecified atom stereocenters. The third kappa shape index (κ3) is 1.98. The Morgan fingerprint density at radius 1 is 1.63 bits per heavy atom. The van der Waals surface area contributed by atoms with Crippen molar-refractivity contribution in [3.63, 3.8) is 0 Å². The smallest absolute Gasteiger partial charge is 0.331 e. The predicted octanol–water partition coefficient (Wildman–Crippen LogP) is -1.85. The summed E-state index contributed by atoms with van der Waals surface area (Å²) in [5.41, 5.74) is 2.42. The highest BCUT2D eigenvalue weighted by Crippen LogP contribution is 2.33. The molecule has 0 radical (unpaired) electrons. The zero-order chi connectivity index (χ0) is 14.4. The van der Waals surface area contributed by atoms with Gasteiger partial charge in [0.15, 0.2) is 0 Å². The molecule has 8 nitrogen and oxygen atoms in total. The van der Waals surface area contributed by atoms with Gasteiger partial charge in [0, 0.05) is 18.2 Å². The van der Waals surface area contributed by atoms with Gasteiger partial charge in [-0.05, 0) is 13.8 Å². The van der Waals surface area contributed by atoms with Crippen molar-refractivity contribution in [2.45, 2.75) is 38.2 Å².